The third-order valence-electron chi connectivity index (χ3n) is 4.99. The predicted molar refractivity (Wildman–Crippen MR) is 101 cm³/mol. The summed E-state index contributed by atoms with van der Waals surface area (Å²) < 4.78 is 42.7. The molecule has 174 valence electrons. The Morgan fingerprint density at radius 2 is 1.16 bits per heavy atom. The van der Waals surface area contributed by atoms with Crippen LogP contribution in [0.15, 0.2) is 12.4 Å². The van der Waals surface area contributed by atoms with E-state index in [9.17, 15) is 19.3 Å². The maximum Gasteiger partial charge on any atom is 0.469 e. The summed E-state index contributed by atoms with van der Waals surface area (Å²) in [6.07, 6.45) is 2.35. The molecular weight excluding hydrogens is 474 g/mol. The van der Waals surface area contributed by atoms with Crippen molar-refractivity contribution >= 4 is 15.6 Å². The van der Waals surface area contributed by atoms with Crippen molar-refractivity contribution in [2.45, 2.75) is 38.6 Å². The van der Waals surface area contributed by atoms with E-state index in [2.05, 4.69) is 19.0 Å². The van der Waals surface area contributed by atoms with E-state index in [1.54, 1.807) is 0 Å². The average molecular weight is 492 g/mol. The van der Waals surface area contributed by atoms with Gasteiger partial charge in [-0.2, -0.15) is 0 Å². The number of aryl methyl sites for hydroxylation is 2. The molecule has 0 saturated heterocycles. The van der Waals surface area contributed by atoms with Crippen molar-refractivity contribution in [1.29, 1.82) is 0 Å². The summed E-state index contributed by atoms with van der Waals surface area (Å²) in [5.41, 5.74) is -0.0327. The van der Waals surface area contributed by atoms with E-state index in [0.717, 1.165) is 0 Å². The second-order valence-corrected chi connectivity index (χ2v) is 9.64. The van der Waals surface area contributed by atoms with Crippen LogP contribution in [0.25, 0.3) is 0 Å². The van der Waals surface area contributed by atoms with E-state index in [-0.39, 0.29) is 45.1 Å². The highest BCUT2D eigenvalue weighted by Crippen LogP contribution is 2.61. The third-order valence-corrected chi connectivity index (χ3v) is 5.93. The quantitative estimate of drug-likeness (QED) is 0.295. The van der Waals surface area contributed by atoms with Crippen LogP contribution < -0.4 is 9.47 Å². The number of fused-ring (bicyclic) bond motifs is 5. The van der Waals surface area contributed by atoms with Crippen LogP contribution >= 0.6 is 15.6 Å². The van der Waals surface area contributed by atoms with Crippen molar-refractivity contribution in [2.24, 2.45) is 0 Å². The van der Waals surface area contributed by atoms with Crippen LogP contribution in [0.1, 0.15) is 33.6 Å². The highest BCUT2D eigenvalue weighted by atomic mass is 31.2. The lowest BCUT2D eigenvalue weighted by molar-refractivity contribution is -0.312. The van der Waals surface area contributed by atoms with E-state index < -0.39 is 40.4 Å². The molecule has 0 saturated carbocycles. The molecule has 4 heterocycles. The van der Waals surface area contributed by atoms with Gasteiger partial charge < -0.3 is 39.3 Å². The molecule has 0 amide bonds. The van der Waals surface area contributed by atoms with E-state index in [0.29, 0.717) is 0 Å². The molecular formula is C16H18N2O12P2. The fourth-order valence-electron chi connectivity index (χ4n) is 3.64. The van der Waals surface area contributed by atoms with Gasteiger partial charge in [0.2, 0.25) is 0 Å². The monoisotopic (exact) mass is 492 g/mol. The van der Waals surface area contributed by atoms with Crippen molar-refractivity contribution in [3.05, 3.63) is 46.0 Å². The Morgan fingerprint density at radius 1 is 0.812 bits per heavy atom. The van der Waals surface area contributed by atoms with Crippen molar-refractivity contribution in [3.63, 3.8) is 0 Å². The average Bonchev–Trinajstić information content (AvgIpc) is 3.03. The molecule has 2 aliphatic rings. The molecule has 0 aromatic carbocycles. The van der Waals surface area contributed by atoms with Gasteiger partial charge in [0.15, 0.2) is 11.5 Å². The zero-order chi connectivity index (χ0) is 23.7. The van der Waals surface area contributed by atoms with Gasteiger partial charge >= 0.3 is 27.2 Å². The summed E-state index contributed by atoms with van der Waals surface area (Å²) in [4.78, 5) is 44.2. The lowest BCUT2D eigenvalue weighted by Gasteiger charge is -2.29. The largest absolute Gasteiger partial charge is 0.469 e. The van der Waals surface area contributed by atoms with Crippen molar-refractivity contribution < 1.29 is 57.4 Å². The summed E-state index contributed by atoms with van der Waals surface area (Å²) in [7, 11) is -9.78. The third kappa shape index (κ3) is 3.64. The number of rotatable bonds is 6. The number of ether oxygens (including phenoxy) is 2. The number of hydrogen-bond acceptors (Lipinski definition) is 10. The number of aliphatic hydroxyl groups is 2. The Labute approximate surface area is 179 Å². The molecule has 0 aliphatic carbocycles. The maximum absolute atomic E-state index is 11.5. The van der Waals surface area contributed by atoms with E-state index in [1.165, 1.54) is 26.2 Å². The lowest BCUT2D eigenvalue weighted by Crippen LogP contribution is -2.48. The molecule has 0 radical (unpaired) electrons. The Bertz CT molecular complexity index is 1120. The first-order chi connectivity index (χ1) is 14.7. The molecule has 0 spiro atoms. The Balaban J connectivity index is 1.85. The van der Waals surface area contributed by atoms with Gasteiger partial charge in [-0.05, 0) is 13.8 Å². The van der Waals surface area contributed by atoms with E-state index >= 15 is 0 Å². The van der Waals surface area contributed by atoms with Crippen LogP contribution in [-0.4, -0.2) is 39.8 Å². The van der Waals surface area contributed by atoms with Crippen LogP contribution in [0.3, 0.4) is 0 Å². The molecule has 0 bridgehead atoms. The van der Waals surface area contributed by atoms with Crippen molar-refractivity contribution in [3.8, 4) is 11.5 Å². The second kappa shape index (κ2) is 7.27. The summed E-state index contributed by atoms with van der Waals surface area (Å²) in [5.74, 6) is -5.50. The lowest BCUT2D eigenvalue weighted by atomic mass is 9.91. The van der Waals surface area contributed by atoms with Gasteiger partial charge in [-0.1, -0.05) is 0 Å². The molecule has 4 rings (SSSR count). The fraction of sp³-hybridized carbons (Fsp3) is 0.375. The Hall–Kier alpha value is -1.96. The molecule has 0 fully saturated rings. The zero-order valence-corrected chi connectivity index (χ0v) is 18.3. The molecule has 14 nitrogen and oxygen atoms in total. The normalized spacial score (nSPS) is 23.9. The fourth-order valence-corrected chi connectivity index (χ4v) is 4.26. The Kier molecular flexibility index (Phi) is 5.27. The first-order valence-corrected chi connectivity index (χ1v) is 11.9. The smallest absolute Gasteiger partial charge is 0.449 e. The first kappa shape index (κ1) is 23.2. The highest BCUT2D eigenvalue weighted by molar-refractivity contribution is 7.46. The minimum atomic E-state index is -4.89. The molecule has 6 N–H and O–H groups in total. The number of nitrogens with zero attached hydrogens (tertiary/aromatic N) is 2. The maximum atomic E-state index is 11.5. The number of pyridine rings is 2. The molecule has 2 aliphatic heterocycles. The minimum absolute atomic E-state index is 0.0428. The zero-order valence-electron chi connectivity index (χ0n) is 16.5. The van der Waals surface area contributed by atoms with Crippen LogP contribution in [-0.2, 0) is 43.0 Å². The number of phosphoric ester groups is 2. The standard InChI is InChI=1S/C16H18N2O12P2/c1-7-13-11(9(3-17-7)5-27-31(21,22)23)15(19)16(20,29-13)12-10(6-28-32(24,25)26)4-18-8(2)14(12)30-15/h3-4,19-20H,5-6H2,1-2H3,(H2,21,22,23)(H2,24,25,26)/t15-,16-/m1/s1. The van der Waals surface area contributed by atoms with Gasteiger partial charge in [0.1, 0.15) is 0 Å². The highest BCUT2D eigenvalue weighted by Gasteiger charge is 2.70. The van der Waals surface area contributed by atoms with Gasteiger partial charge in [-0.25, -0.2) is 9.13 Å². The molecule has 2 atom stereocenters. The van der Waals surface area contributed by atoms with Gasteiger partial charge in [0, 0.05) is 23.5 Å². The summed E-state index contributed by atoms with van der Waals surface area (Å²) >= 11 is 0. The van der Waals surface area contributed by atoms with Crippen LogP contribution in [0, 0.1) is 13.8 Å². The van der Waals surface area contributed by atoms with Crippen LogP contribution in [0.2, 0.25) is 0 Å². The van der Waals surface area contributed by atoms with E-state index in [1.807, 2.05) is 0 Å². The van der Waals surface area contributed by atoms with Gasteiger partial charge in [-0.15, -0.1) is 0 Å². The summed E-state index contributed by atoms with van der Waals surface area (Å²) in [6, 6.07) is 0. The number of hydrogen-bond donors (Lipinski definition) is 6. The SMILES string of the molecule is Cc1ncc(COP(=O)(O)O)c2c1O[C@]1(O)c3c(COP(=O)(O)O)cnc(C)c3O[C@]21O. The van der Waals surface area contributed by atoms with Crippen molar-refractivity contribution in [1.82, 2.24) is 9.97 Å². The predicted octanol–water partition coefficient (Wildman–Crippen LogP) is 0.0872. The first-order valence-electron chi connectivity index (χ1n) is 8.87. The number of phosphoric acid groups is 2. The van der Waals surface area contributed by atoms with Gasteiger partial charge in [-0.3, -0.25) is 19.0 Å². The summed E-state index contributed by atoms with van der Waals surface area (Å²) in [5, 5.41) is 23.0. The van der Waals surface area contributed by atoms with Crippen LogP contribution in [0.5, 0.6) is 11.5 Å². The number of aromatic nitrogens is 2. The second-order valence-electron chi connectivity index (χ2n) is 7.17. The molecule has 32 heavy (non-hydrogen) atoms. The molecule has 2 aromatic rings. The van der Waals surface area contributed by atoms with Gasteiger partial charge in [0.25, 0.3) is 0 Å². The topological polar surface area (TPSA) is 218 Å². The van der Waals surface area contributed by atoms with Crippen molar-refractivity contribution in [2.75, 3.05) is 0 Å². The molecule has 16 heteroatoms. The Morgan fingerprint density at radius 3 is 1.47 bits per heavy atom. The molecule has 0 unspecified atom stereocenters. The van der Waals surface area contributed by atoms with Gasteiger partial charge in [0.05, 0.1) is 35.7 Å². The van der Waals surface area contributed by atoms with E-state index in [4.69, 9.17) is 29.0 Å². The summed E-state index contributed by atoms with van der Waals surface area (Å²) in [6.45, 7) is 1.59. The molecule has 2 aromatic heterocycles. The minimum Gasteiger partial charge on any atom is -0.449 e. The van der Waals surface area contributed by atoms with Crippen LogP contribution in [0.4, 0.5) is 0 Å².